The predicted octanol–water partition coefficient (Wildman–Crippen LogP) is 10.6. The minimum Gasteiger partial charge on any atom is -0.462 e. The topological polar surface area (TPSA) is 119 Å². The highest BCUT2D eigenvalue weighted by Crippen LogP contribution is 2.35. The summed E-state index contributed by atoms with van der Waals surface area (Å²) in [6.07, 6.45) is 40.8. The highest BCUT2D eigenvalue weighted by atomic mass is 31.2. The normalized spacial score (nSPS) is 13.2. The molecule has 9 heteroatoms. The van der Waals surface area contributed by atoms with Gasteiger partial charge in [0.1, 0.15) is 6.61 Å². The maximum absolute atomic E-state index is 12.3. The molecule has 0 unspecified atom stereocenters. The average molecular weight is 681 g/mol. The van der Waals surface area contributed by atoms with Crippen molar-refractivity contribution in [1.82, 2.24) is 0 Å². The van der Waals surface area contributed by atoms with Crippen molar-refractivity contribution >= 4 is 19.8 Å². The summed E-state index contributed by atoms with van der Waals surface area (Å²) in [7, 11) is -4.76. The number of phosphoric ester groups is 1. The molecule has 1 atom stereocenters. The molecule has 0 bridgehead atoms. The number of allylic oxidation sites excluding steroid dienone is 10. The number of esters is 2. The van der Waals surface area contributed by atoms with E-state index in [2.05, 4.69) is 79.1 Å². The lowest BCUT2D eigenvalue weighted by Crippen LogP contribution is -2.29. The van der Waals surface area contributed by atoms with Crippen LogP contribution in [0.15, 0.2) is 60.8 Å². The van der Waals surface area contributed by atoms with E-state index in [1.807, 2.05) is 0 Å². The molecule has 0 spiro atoms. The Labute approximate surface area is 286 Å². The molecule has 270 valence electrons. The van der Waals surface area contributed by atoms with Crippen molar-refractivity contribution in [3.8, 4) is 0 Å². The van der Waals surface area contributed by atoms with Gasteiger partial charge in [-0.05, 0) is 77.0 Å². The van der Waals surface area contributed by atoms with Gasteiger partial charge in [0.25, 0.3) is 0 Å². The number of unbranched alkanes of at least 4 members (excludes halogenated alkanes) is 12. The zero-order chi connectivity index (χ0) is 34.7. The maximum atomic E-state index is 12.3. The zero-order valence-electron chi connectivity index (χ0n) is 29.4. The largest absolute Gasteiger partial charge is 0.469 e. The third-order valence-electron chi connectivity index (χ3n) is 7.26. The van der Waals surface area contributed by atoms with Crippen LogP contribution in [0.2, 0.25) is 0 Å². The second-order valence-corrected chi connectivity index (χ2v) is 13.1. The highest BCUT2D eigenvalue weighted by Gasteiger charge is 2.22. The first kappa shape index (κ1) is 44.8. The zero-order valence-corrected chi connectivity index (χ0v) is 30.3. The van der Waals surface area contributed by atoms with E-state index in [1.165, 1.54) is 32.1 Å². The van der Waals surface area contributed by atoms with E-state index in [0.29, 0.717) is 12.8 Å². The van der Waals surface area contributed by atoms with Gasteiger partial charge in [-0.2, -0.15) is 0 Å². The van der Waals surface area contributed by atoms with E-state index in [1.54, 1.807) is 0 Å². The third kappa shape index (κ3) is 36.4. The number of ether oxygens (including phenoxy) is 2. The molecule has 0 rings (SSSR count). The first-order valence-corrected chi connectivity index (χ1v) is 19.6. The van der Waals surface area contributed by atoms with Crippen molar-refractivity contribution in [3.63, 3.8) is 0 Å². The maximum Gasteiger partial charge on any atom is 0.469 e. The van der Waals surface area contributed by atoms with Crippen LogP contribution < -0.4 is 0 Å². The second-order valence-electron chi connectivity index (χ2n) is 11.8. The van der Waals surface area contributed by atoms with Gasteiger partial charge in [-0.3, -0.25) is 14.1 Å². The highest BCUT2D eigenvalue weighted by molar-refractivity contribution is 7.46. The van der Waals surface area contributed by atoms with Crippen LogP contribution in [0.1, 0.15) is 149 Å². The molecule has 0 saturated heterocycles. The Kier molecular flexibility index (Phi) is 32.0. The predicted molar refractivity (Wildman–Crippen MR) is 193 cm³/mol. The molecule has 0 aromatic heterocycles. The SMILES string of the molecule is CCCC/C=C\C/C=C\CCCCCCCC(=O)O[C@H](COC(=O)CCCC/C=C\C/C=C\C/C=C\CCCCC)COP(=O)(O)O. The molecule has 0 aliphatic heterocycles. The van der Waals surface area contributed by atoms with Gasteiger partial charge in [-0.1, -0.05) is 120 Å². The fourth-order valence-electron chi connectivity index (χ4n) is 4.51. The van der Waals surface area contributed by atoms with Gasteiger partial charge in [0.15, 0.2) is 6.10 Å². The number of hydrogen-bond acceptors (Lipinski definition) is 6. The van der Waals surface area contributed by atoms with Gasteiger partial charge in [0.05, 0.1) is 6.61 Å². The van der Waals surface area contributed by atoms with Gasteiger partial charge in [0, 0.05) is 12.8 Å². The van der Waals surface area contributed by atoms with Crippen LogP contribution in [0.4, 0.5) is 0 Å². The molecule has 0 amide bonds. The van der Waals surface area contributed by atoms with Crippen molar-refractivity contribution in [2.45, 2.75) is 155 Å². The summed E-state index contributed by atoms with van der Waals surface area (Å²) in [5.41, 5.74) is 0. The van der Waals surface area contributed by atoms with E-state index in [0.717, 1.165) is 77.0 Å². The van der Waals surface area contributed by atoms with E-state index < -0.39 is 32.5 Å². The van der Waals surface area contributed by atoms with Crippen LogP contribution >= 0.6 is 7.82 Å². The van der Waals surface area contributed by atoms with E-state index >= 15 is 0 Å². The first-order chi connectivity index (χ1) is 22.8. The van der Waals surface area contributed by atoms with E-state index in [4.69, 9.17) is 19.3 Å². The second kappa shape index (κ2) is 33.6. The van der Waals surface area contributed by atoms with Crippen molar-refractivity contribution in [2.24, 2.45) is 0 Å². The van der Waals surface area contributed by atoms with Crippen LogP contribution in [0.25, 0.3) is 0 Å². The summed E-state index contributed by atoms with van der Waals surface area (Å²) in [5.74, 6) is -0.953. The molecule has 0 saturated carbocycles. The number of hydrogen-bond donors (Lipinski definition) is 2. The Bertz CT molecular complexity index is 947. The summed E-state index contributed by atoms with van der Waals surface area (Å²) in [4.78, 5) is 42.6. The summed E-state index contributed by atoms with van der Waals surface area (Å²) < 4.78 is 26.2. The van der Waals surface area contributed by atoms with Crippen LogP contribution in [-0.4, -0.2) is 41.0 Å². The number of carbonyl (C=O) groups excluding carboxylic acids is 2. The van der Waals surface area contributed by atoms with Crippen LogP contribution in [0.5, 0.6) is 0 Å². The monoisotopic (exact) mass is 680 g/mol. The Hall–Kier alpha value is -2.25. The molecule has 2 N–H and O–H groups in total. The van der Waals surface area contributed by atoms with Crippen LogP contribution in [0.3, 0.4) is 0 Å². The average Bonchev–Trinajstić information content (AvgIpc) is 3.03. The Morgan fingerprint density at radius 2 is 0.979 bits per heavy atom. The van der Waals surface area contributed by atoms with Gasteiger partial charge in [-0.15, -0.1) is 0 Å². The smallest absolute Gasteiger partial charge is 0.462 e. The number of carbonyl (C=O) groups is 2. The summed E-state index contributed by atoms with van der Waals surface area (Å²) >= 11 is 0. The van der Waals surface area contributed by atoms with Gasteiger partial charge in [-0.25, -0.2) is 4.57 Å². The molecule has 0 aromatic carbocycles. The molecule has 8 nitrogen and oxygen atoms in total. The van der Waals surface area contributed by atoms with Crippen LogP contribution in [0, 0.1) is 0 Å². The lowest BCUT2D eigenvalue weighted by Gasteiger charge is -2.18. The van der Waals surface area contributed by atoms with Gasteiger partial charge in [0.2, 0.25) is 0 Å². The minimum absolute atomic E-state index is 0.185. The molecule has 0 aliphatic rings. The van der Waals surface area contributed by atoms with Crippen LogP contribution in [-0.2, 0) is 28.2 Å². The molecule has 0 radical (unpaired) electrons. The van der Waals surface area contributed by atoms with Crippen molar-refractivity contribution in [2.75, 3.05) is 13.2 Å². The Morgan fingerprint density at radius 1 is 0.553 bits per heavy atom. The first-order valence-electron chi connectivity index (χ1n) is 18.1. The third-order valence-corrected chi connectivity index (χ3v) is 7.74. The summed E-state index contributed by atoms with van der Waals surface area (Å²) in [5, 5.41) is 0. The summed E-state index contributed by atoms with van der Waals surface area (Å²) in [6.45, 7) is 3.54. The molecular weight excluding hydrogens is 615 g/mol. The van der Waals surface area contributed by atoms with E-state index in [9.17, 15) is 14.2 Å². The van der Waals surface area contributed by atoms with E-state index in [-0.39, 0.29) is 19.4 Å². The molecular formula is C38H65O8P. The molecule has 0 fully saturated rings. The van der Waals surface area contributed by atoms with Crippen molar-refractivity contribution < 1.29 is 37.9 Å². The van der Waals surface area contributed by atoms with Crippen molar-refractivity contribution in [3.05, 3.63) is 60.8 Å². The molecule has 0 aromatic rings. The molecule has 47 heavy (non-hydrogen) atoms. The Balaban J connectivity index is 4.10. The minimum atomic E-state index is -4.76. The molecule has 0 heterocycles. The fraction of sp³-hybridized carbons (Fsp3) is 0.684. The van der Waals surface area contributed by atoms with Gasteiger partial charge < -0.3 is 19.3 Å². The Morgan fingerprint density at radius 3 is 1.53 bits per heavy atom. The lowest BCUT2D eigenvalue weighted by atomic mass is 10.1. The quantitative estimate of drug-likeness (QED) is 0.0312. The standard InChI is InChI=1S/C38H65O8P/c1-3-5-7-9-11-13-15-17-19-21-22-24-26-28-30-32-37(39)44-34-36(35-45-47(41,42)43)46-38(40)33-31-29-27-25-23-20-18-16-14-12-10-8-6-4-2/h10-13,16-19,22,24,36H,3-9,14-15,20-21,23,25-35H2,1-2H3,(H2,41,42,43)/b12-10-,13-11-,18-16-,19-17-,24-22-/t36-/m1/s1. The number of phosphoric acid groups is 1. The fourth-order valence-corrected chi connectivity index (χ4v) is 4.87. The van der Waals surface area contributed by atoms with Crippen molar-refractivity contribution in [1.29, 1.82) is 0 Å². The summed E-state index contributed by atoms with van der Waals surface area (Å²) in [6, 6.07) is 0. The number of rotatable bonds is 32. The lowest BCUT2D eigenvalue weighted by molar-refractivity contribution is -0.161. The molecule has 0 aliphatic carbocycles. The van der Waals surface area contributed by atoms with Gasteiger partial charge >= 0.3 is 19.8 Å².